The quantitative estimate of drug-likeness (QED) is 0.916. The third-order valence-corrected chi connectivity index (χ3v) is 4.44. The number of rotatable bonds is 4. The monoisotopic (exact) mass is 286 g/mol. The van der Waals surface area contributed by atoms with E-state index >= 15 is 0 Å². The Kier molecular flexibility index (Phi) is 3.95. The van der Waals surface area contributed by atoms with Crippen LogP contribution in [0.1, 0.15) is 67.5 Å². The molecule has 112 valence electrons. The Morgan fingerprint density at radius 3 is 2.76 bits per heavy atom. The zero-order chi connectivity index (χ0) is 14.8. The molecule has 1 heterocycles. The molecule has 1 aromatic heterocycles. The Labute approximate surface area is 124 Å². The third-order valence-electron chi connectivity index (χ3n) is 4.44. The van der Waals surface area contributed by atoms with E-state index in [1.165, 1.54) is 32.1 Å². The minimum absolute atomic E-state index is 0.318. The van der Waals surface area contributed by atoms with Gasteiger partial charge in [-0.15, -0.1) is 0 Å². The standard InChI is InChI=1S/C17H22N2O2/c1-2-10-19-15-9-8-13(17(20)21)11-14(15)18-16(19)12-6-4-3-5-7-12/h8-9,11-12H,2-7,10H2,1H3,(H,20,21). The summed E-state index contributed by atoms with van der Waals surface area (Å²) >= 11 is 0. The van der Waals surface area contributed by atoms with Gasteiger partial charge in [-0.05, 0) is 37.5 Å². The molecule has 21 heavy (non-hydrogen) atoms. The second kappa shape index (κ2) is 5.88. The first-order valence-corrected chi connectivity index (χ1v) is 7.94. The first-order chi connectivity index (χ1) is 10.2. The Morgan fingerprint density at radius 1 is 1.33 bits per heavy atom. The molecular weight excluding hydrogens is 264 g/mol. The minimum Gasteiger partial charge on any atom is -0.478 e. The van der Waals surface area contributed by atoms with Gasteiger partial charge in [-0.25, -0.2) is 9.78 Å². The second-order valence-corrected chi connectivity index (χ2v) is 5.97. The number of carbonyl (C=O) groups is 1. The van der Waals surface area contributed by atoms with Crippen molar-refractivity contribution in [2.24, 2.45) is 0 Å². The molecule has 0 amide bonds. The average Bonchev–Trinajstić information content (AvgIpc) is 2.86. The van der Waals surface area contributed by atoms with E-state index in [4.69, 9.17) is 10.1 Å². The molecule has 1 aliphatic carbocycles. The van der Waals surface area contributed by atoms with E-state index < -0.39 is 5.97 Å². The number of benzene rings is 1. The molecule has 1 aliphatic rings. The molecule has 4 nitrogen and oxygen atoms in total. The Hall–Kier alpha value is -1.84. The van der Waals surface area contributed by atoms with Crippen LogP contribution in [-0.2, 0) is 6.54 Å². The number of hydrogen-bond donors (Lipinski definition) is 1. The van der Waals surface area contributed by atoms with Crippen LogP contribution in [0, 0.1) is 0 Å². The molecule has 2 aromatic rings. The van der Waals surface area contributed by atoms with Crippen molar-refractivity contribution in [1.29, 1.82) is 0 Å². The highest BCUT2D eigenvalue weighted by molar-refractivity contribution is 5.92. The van der Waals surface area contributed by atoms with Gasteiger partial charge in [0.2, 0.25) is 0 Å². The van der Waals surface area contributed by atoms with Crippen LogP contribution in [0.5, 0.6) is 0 Å². The van der Waals surface area contributed by atoms with Crippen molar-refractivity contribution in [3.8, 4) is 0 Å². The van der Waals surface area contributed by atoms with Crippen molar-refractivity contribution < 1.29 is 9.90 Å². The Bertz CT molecular complexity index is 654. The van der Waals surface area contributed by atoms with E-state index in [1.807, 2.05) is 6.07 Å². The highest BCUT2D eigenvalue weighted by Crippen LogP contribution is 2.34. The molecule has 0 radical (unpaired) electrons. The lowest BCUT2D eigenvalue weighted by Crippen LogP contribution is -2.12. The van der Waals surface area contributed by atoms with Gasteiger partial charge in [-0.1, -0.05) is 26.2 Å². The number of imidazole rings is 1. The van der Waals surface area contributed by atoms with E-state index in [-0.39, 0.29) is 0 Å². The van der Waals surface area contributed by atoms with Crippen LogP contribution in [0.3, 0.4) is 0 Å². The number of carboxylic acid groups (broad SMARTS) is 1. The first-order valence-electron chi connectivity index (χ1n) is 7.94. The Morgan fingerprint density at radius 2 is 2.10 bits per heavy atom. The molecule has 3 rings (SSSR count). The van der Waals surface area contributed by atoms with Gasteiger partial charge in [0.1, 0.15) is 5.82 Å². The maximum absolute atomic E-state index is 11.1. The molecule has 1 fully saturated rings. The summed E-state index contributed by atoms with van der Waals surface area (Å²) in [5.41, 5.74) is 2.21. The number of aryl methyl sites for hydroxylation is 1. The second-order valence-electron chi connectivity index (χ2n) is 5.97. The fraction of sp³-hybridized carbons (Fsp3) is 0.529. The van der Waals surface area contributed by atoms with Crippen molar-refractivity contribution in [2.45, 2.75) is 57.9 Å². The number of aromatic carboxylic acids is 1. The van der Waals surface area contributed by atoms with Crippen LogP contribution >= 0.6 is 0 Å². The molecule has 1 aromatic carbocycles. The van der Waals surface area contributed by atoms with Crippen molar-refractivity contribution in [3.63, 3.8) is 0 Å². The van der Waals surface area contributed by atoms with E-state index in [1.54, 1.807) is 12.1 Å². The number of aromatic nitrogens is 2. The van der Waals surface area contributed by atoms with Crippen LogP contribution in [-0.4, -0.2) is 20.6 Å². The van der Waals surface area contributed by atoms with Gasteiger partial charge in [-0.2, -0.15) is 0 Å². The summed E-state index contributed by atoms with van der Waals surface area (Å²) < 4.78 is 2.30. The molecule has 1 N–H and O–H groups in total. The molecule has 0 atom stereocenters. The highest BCUT2D eigenvalue weighted by Gasteiger charge is 2.22. The van der Waals surface area contributed by atoms with Gasteiger partial charge in [0.25, 0.3) is 0 Å². The van der Waals surface area contributed by atoms with E-state index in [0.29, 0.717) is 11.5 Å². The lowest BCUT2D eigenvalue weighted by Gasteiger charge is -2.22. The summed E-state index contributed by atoms with van der Waals surface area (Å²) in [7, 11) is 0. The van der Waals surface area contributed by atoms with Gasteiger partial charge in [0.05, 0.1) is 16.6 Å². The van der Waals surface area contributed by atoms with Crippen LogP contribution in [0.2, 0.25) is 0 Å². The number of nitrogens with zero attached hydrogens (tertiary/aromatic N) is 2. The largest absolute Gasteiger partial charge is 0.478 e. The fourth-order valence-corrected chi connectivity index (χ4v) is 3.41. The molecule has 0 saturated heterocycles. The number of carboxylic acids is 1. The fourth-order valence-electron chi connectivity index (χ4n) is 3.41. The van der Waals surface area contributed by atoms with E-state index in [9.17, 15) is 4.79 Å². The zero-order valence-corrected chi connectivity index (χ0v) is 12.5. The van der Waals surface area contributed by atoms with Gasteiger partial charge < -0.3 is 9.67 Å². The average molecular weight is 286 g/mol. The van der Waals surface area contributed by atoms with Crippen molar-refractivity contribution in [1.82, 2.24) is 9.55 Å². The van der Waals surface area contributed by atoms with E-state index in [0.717, 1.165) is 29.8 Å². The first kappa shape index (κ1) is 14.1. The smallest absolute Gasteiger partial charge is 0.335 e. The zero-order valence-electron chi connectivity index (χ0n) is 12.5. The summed E-state index contributed by atoms with van der Waals surface area (Å²) in [5.74, 6) is 0.807. The maximum atomic E-state index is 11.1. The molecule has 4 heteroatoms. The number of hydrogen-bond acceptors (Lipinski definition) is 2. The summed E-state index contributed by atoms with van der Waals surface area (Å²) in [6, 6.07) is 5.30. The molecule has 0 unspecified atom stereocenters. The van der Waals surface area contributed by atoms with Crippen molar-refractivity contribution in [3.05, 3.63) is 29.6 Å². The van der Waals surface area contributed by atoms with Crippen LogP contribution in [0.15, 0.2) is 18.2 Å². The topological polar surface area (TPSA) is 55.1 Å². The summed E-state index contributed by atoms with van der Waals surface area (Å²) in [4.78, 5) is 15.9. The van der Waals surface area contributed by atoms with Gasteiger partial charge >= 0.3 is 5.97 Å². The lowest BCUT2D eigenvalue weighted by molar-refractivity contribution is 0.0697. The normalized spacial score (nSPS) is 16.4. The molecule has 0 bridgehead atoms. The molecule has 0 aliphatic heterocycles. The van der Waals surface area contributed by atoms with E-state index in [2.05, 4.69) is 11.5 Å². The lowest BCUT2D eigenvalue weighted by atomic mass is 9.88. The minimum atomic E-state index is -0.888. The van der Waals surface area contributed by atoms with Gasteiger partial charge in [-0.3, -0.25) is 0 Å². The van der Waals surface area contributed by atoms with Crippen molar-refractivity contribution in [2.75, 3.05) is 0 Å². The van der Waals surface area contributed by atoms with Crippen LogP contribution in [0.4, 0.5) is 0 Å². The summed E-state index contributed by atoms with van der Waals surface area (Å²) in [6.45, 7) is 3.12. The SMILES string of the molecule is CCCn1c(C2CCCCC2)nc2cc(C(=O)O)ccc21. The molecule has 1 saturated carbocycles. The molecule has 0 spiro atoms. The van der Waals surface area contributed by atoms with Crippen LogP contribution < -0.4 is 0 Å². The highest BCUT2D eigenvalue weighted by atomic mass is 16.4. The summed E-state index contributed by atoms with van der Waals surface area (Å²) in [6.07, 6.45) is 7.36. The summed E-state index contributed by atoms with van der Waals surface area (Å²) in [5, 5.41) is 9.14. The Balaban J connectivity index is 2.08. The third kappa shape index (κ3) is 2.67. The van der Waals surface area contributed by atoms with Gasteiger partial charge in [0.15, 0.2) is 0 Å². The maximum Gasteiger partial charge on any atom is 0.335 e. The van der Waals surface area contributed by atoms with Crippen LogP contribution in [0.25, 0.3) is 11.0 Å². The number of fused-ring (bicyclic) bond motifs is 1. The predicted octanol–water partition coefficient (Wildman–Crippen LogP) is 4.19. The predicted molar refractivity (Wildman–Crippen MR) is 82.8 cm³/mol. The molecular formula is C17H22N2O2. The van der Waals surface area contributed by atoms with Gasteiger partial charge in [0, 0.05) is 12.5 Å². The van der Waals surface area contributed by atoms with Crippen molar-refractivity contribution >= 4 is 17.0 Å².